The van der Waals surface area contributed by atoms with Gasteiger partial charge in [-0.15, -0.1) is 0 Å². The monoisotopic (exact) mass is 325 g/mol. The maximum atomic E-state index is 12.4. The topological polar surface area (TPSA) is 38.8 Å². The van der Waals surface area contributed by atoms with E-state index >= 15 is 0 Å². The molecule has 0 spiro atoms. The van der Waals surface area contributed by atoms with Crippen LogP contribution in [0, 0.1) is 6.92 Å². The molecule has 0 bridgehead atoms. The van der Waals surface area contributed by atoms with E-state index in [1.165, 1.54) is 5.56 Å². The quantitative estimate of drug-likeness (QED) is 0.819. The summed E-state index contributed by atoms with van der Waals surface area (Å²) < 4.78 is 11.3. The van der Waals surface area contributed by atoms with Crippen molar-refractivity contribution in [3.8, 4) is 11.5 Å². The Labute approximate surface area is 143 Å². The normalized spacial score (nSPS) is 12.4. The van der Waals surface area contributed by atoms with Crippen molar-refractivity contribution in [2.75, 3.05) is 26.8 Å². The zero-order valence-electron chi connectivity index (χ0n) is 14.2. The van der Waals surface area contributed by atoms with Crippen molar-refractivity contribution in [1.29, 1.82) is 0 Å². The second-order valence-electron chi connectivity index (χ2n) is 6.15. The van der Waals surface area contributed by atoms with E-state index in [-0.39, 0.29) is 5.91 Å². The number of amides is 1. The number of hydrogen-bond donors (Lipinski definition) is 0. The summed E-state index contributed by atoms with van der Waals surface area (Å²) in [5, 5.41) is 0. The Hall–Kier alpha value is -2.49. The summed E-state index contributed by atoms with van der Waals surface area (Å²) in [6.45, 7) is 3.82. The van der Waals surface area contributed by atoms with Crippen LogP contribution in [0.25, 0.3) is 0 Å². The van der Waals surface area contributed by atoms with Gasteiger partial charge >= 0.3 is 0 Å². The number of hydrogen-bond acceptors (Lipinski definition) is 3. The molecule has 2 aromatic carbocycles. The van der Waals surface area contributed by atoms with Crippen molar-refractivity contribution in [3.05, 3.63) is 59.2 Å². The van der Waals surface area contributed by atoms with E-state index in [1.807, 2.05) is 50.4 Å². The number of likely N-dealkylation sites (N-methyl/N-ethyl adjacent to an activating group) is 1. The highest BCUT2D eigenvalue weighted by atomic mass is 16.5. The van der Waals surface area contributed by atoms with Crippen molar-refractivity contribution >= 4 is 5.91 Å². The zero-order chi connectivity index (χ0) is 16.9. The molecule has 0 saturated heterocycles. The number of fused-ring (bicyclic) bond motifs is 1. The van der Waals surface area contributed by atoms with E-state index in [1.54, 1.807) is 4.90 Å². The van der Waals surface area contributed by atoms with E-state index < -0.39 is 0 Å². The van der Waals surface area contributed by atoms with Crippen LogP contribution in [0.3, 0.4) is 0 Å². The van der Waals surface area contributed by atoms with Crippen LogP contribution in [0.2, 0.25) is 0 Å². The minimum Gasteiger partial charge on any atom is -0.493 e. The molecule has 1 amide bonds. The van der Waals surface area contributed by atoms with Crippen LogP contribution in [0.4, 0.5) is 0 Å². The average molecular weight is 325 g/mol. The van der Waals surface area contributed by atoms with Gasteiger partial charge in [0.25, 0.3) is 0 Å². The number of nitrogens with zero attached hydrogens (tertiary/aromatic N) is 1. The lowest BCUT2D eigenvalue weighted by Gasteiger charge is -2.18. The second kappa shape index (κ2) is 7.39. The van der Waals surface area contributed by atoms with Gasteiger partial charge in [0.1, 0.15) is 18.1 Å². The molecule has 1 aliphatic rings. The van der Waals surface area contributed by atoms with Gasteiger partial charge in [-0.05, 0) is 35.7 Å². The lowest BCUT2D eigenvalue weighted by atomic mass is 10.1. The minimum absolute atomic E-state index is 0.0993. The van der Waals surface area contributed by atoms with E-state index in [0.717, 1.165) is 35.7 Å². The summed E-state index contributed by atoms with van der Waals surface area (Å²) in [4.78, 5) is 14.1. The summed E-state index contributed by atoms with van der Waals surface area (Å²) in [7, 11) is 1.82. The van der Waals surface area contributed by atoms with Gasteiger partial charge in [0.15, 0.2) is 0 Å². The van der Waals surface area contributed by atoms with Crippen molar-refractivity contribution in [2.45, 2.75) is 19.8 Å². The number of aryl methyl sites for hydroxylation is 1. The van der Waals surface area contributed by atoms with Crippen LogP contribution in [0.1, 0.15) is 16.7 Å². The van der Waals surface area contributed by atoms with Gasteiger partial charge in [-0.25, -0.2) is 0 Å². The number of ether oxygens (including phenoxy) is 2. The van der Waals surface area contributed by atoms with Gasteiger partial charge in [-0.3, -0.25) is 4.79 Å². The Bertz CT molecular complexity index is 727. The first-order chi connectivity index (χ1) is 11.6. The predicted octanol–water partition coefficient (Wildman–Crippen LogP) is 3.01. The summed E-state index contributed by atoms with van der Waals surface area (Å²) in [6, 6.07) is 13.9. The number of benzene rings is 2. The van der Waals surface area contributed by atoms with Crippen molar-refractivity contribution in [3.63, 3.8) is 0 Å². The highest BCUT2D eigenvalue weighted by Gasteiger charge is 2.15. The SMILES string of the molecule is Cc1ccccc1OCCN(C)C(=O)Cc1ccc2c(c1)CCO2. The molecule has 2 aromatic rings. The zero-order valence-corrected chi connectivity index (χ0v) is 14.2. The third-order valence-corrected chi connectivity index (χ3v) is 4.31. The number of rotatable bonds is 6. The Kier molecular flexibility index (Phi) is 5.04. The molecule has 0 atom stereocenters. The molecular weight excluding hydrogens is 302 g/mol. The Morgan fingerprint density at radius 1 is 1.25 bits per heavy atom. The first-order valence-electron chi connectivity index (χ1n) is 8.30. The summed E-state index contributed by atoms with van der Waals surface area (Å²) in [5.41, 5.74) is 3.34. The van der Waals surface area contributed by atoms with Crippen LogP contribution in [0.15, 0.2) is 42.5 Å². The molecule has 126 valence electrons. The maximum absolute atomic E-state index is 12.4. The molecule has 24 heavy (non-hydrogen) atoms. The standard InChI is InChI=1S/C20H23NO3/c1-15-5-3-4-6-18(15)24-12-10-21(2)20(22)14-16-7-8-19-17(13-16)9-11-23-19/h3-8,13H,9-12,14H2,1-2H3. The first-order valence-corrected chi connectivity index (χ1v) is 8.30. The van der Waals surface area contributed by atoms with Gasteiger partial charge < -0.3 is 14.4 Å². The smallest absolute Gasteiger partial charge is 0.226 e. The fourth-order valence-electron chi connectivity index (χ4n) is 2.80. The molecular formula is C20H23NO3. The minimum atomic E-state index is 0.0993. The molecule has 4 nitrogen and oxygen atoms in total. The fourth-order valence-corrected chi connectivity index (χ4v) is 2.80. The van der Waals surface area contributed by atoms with Crippen LogP contribution >= 0.6 is 0 Å². The largest absolute Gasteiger partial charge is 0.493 e. The third kappa shape index (κ3) is 3.88. The number of carbonyl (C=O) groups is 1. The highest BCUT2D eigenvalue weighted by molar-refractivity contribution is 5.78. The maximum Gasteiger partial charge on any atom is 0.226 e. The molecule has 0 N–H and O–H groups in total. The van der Waals surface area contributed by atoms with Gasteiger partial charge in [-0.1, -0.05) is 30.3 Å². The summed E-state index contributed by atoms with van der Waals surface area (Å²) in [6.07, 6.45) is 1.34. The molecule has 0 aromatic heterocycles. The lowest BCUT2D eigenvalue weighted by Crippen LogP contribution is -2.32. The van der Waals surface area contributed by atoms with Crippen LogP contribution in [-0.4, -0.2) is 37.6 Å². The lowest BCUT2D eigenvalue weighted by molar-refractivity contribution is -0.129. The van der Waals surface area contributed by atoms with Crippen molar-refractivity contribution in [2.24, 2.45) is 0 Å². The van der Waals surface area contributed by atoms with Gasteiger partial charge in [0, 0.05) is 13.5 Å². The van der Waals surface area contributed by atoms with E-state index in [0.29, 0.717) is 19.6 Å². The molecule has 1 heterocycles. The third-order valence-electron chi connectivity index (χ3n) is 4.31. The van der Waals surface area contributed by atoms with Crippen molar-refractivity contribution < 1.29 is 14.3 Å². The highest BCUT2D eigenvalue weighted by Crippen LogP contribution is 2.26. The van der Waals surface area contributed by atoms with Gasteiger partial charge in [0.05, 0.1) is 19.6 Å². The van der Waals surface area contributed by atoms with Crippen LogP contribution < -0.4 is 9.47 Å². The summed E-state index contributed by atoms with van der Waals surface area (Å²) in [5.74, 6) is 1.92. The second-order valence-corrected chi connectivity index (χ2v) is 6.15. The van der Waals surface area contributed by atoms with Gasteiger partial charge in [0.2, 0.25) is 5.91 Å². The Morgan fingerprint density at radius 2 is 2.08 bits per heavy atom. The molecule has 0 unspecified atom stereocenters. The Balaban J connectivity index is 1.49. The van der Waals surface area contributed by atoms with Crippen molar-refractivity contribution in [1.82, 2.24) is 4.90 Å². The fraction of sp³-hybridized carbons (Fsp3) is 0.350. The van der Waals surface area contributed by atoms with Gasteiger partial charge in [-0.2, -0.15) is 0 Å². The summed E-state index contributed by atoms with van der Waals surface area (Å²) >= 11 is 0. The number of carbonyl (C=O) groups excluding carboxylic acids is 1. The molecule has 1 aliphatic heterocycles. The molecule has 0 fully saturated rings. The van der Waals surface area contributed by atoms with E-state index in [4.69, 9.17) is 9.47 Å². The predicted molar refractivity (Wildman–Crippen MR) is 93.7 cm³/mol. The molecule has 0 aliphatic carbocycles. The first kappa shape index (κ1) is 16.4. The molecule has 3 rings (SSSR count). The molecule has 0 saturated carbocycles. The van der Waals surface area contributed by atoms with E-state index in [2.05, 4.69) is 6.07 Å². The number of para-hydroxylation sites is 1. The van der Waals surface area contributed by atoms with E-state index in [9.17, 15) is 4.79 Å². The molecule has 4 heteroatoms. The molecule has 0 radical (unpaired) electrons. The van der Waals surface area contributed by atoms with Crippen LogP contribution in [0.5, 0.6) is 11.5 Å². The Morgan fingerprint density at radius 3 is 2.92 bits per heavy atom. The average Bonchev–Trinajstić information content (AvgIpc) is 3.04. The van der Waals surface area contributed by atoms with Crippen LogP contribution in [-0.2, 0) is 17.6 Å².